The SMILES string of the molecule is COc1cc(O)c2c(c1)C(=O)C1=C(CC3OC(C)(C)OC3(C)C1)C2=O. The third-order valence-electron chi connectivity index (χ3n) is 5.21. The molecule has 6 nitrogen and oxygen atoms in total. The summed E-state index contributed by atoms with van der Waals surface area (Å²) in [5.41, 5.74) is 0.440. The van der Waals surface area contributed by atoms with Crippen molar-refractivity contribution in [3.8, 4) is 11.5 Å². The fraction of sp³-hybridized carbons (Fsp3) is 0.474. The Morgan fingerprint density at radius 2 is 1.88 bits per heavy atom. The van der Waals surface area contributed by atoms with Crippen LogP contribution in [0.2, 0.25) is 0 Å². The Bertz CT molecular complexity index is 850. The summed E-state index contributed by atoms with van der Waals surface area (Å²) in [5, 5.41) is 10.2. The lowest BCUT2D eigenvalue weighted by molar-refractivity contribution is -0.159. The minimum Gasteiger partial charge on any atom is -0.507 e. The van der Waals surface area contributed by atoms with E-state index in [4.69, 9.17) is 14.2 Å². The highest BCUT2D eigenvalue weighted by molar-refractivity contribution is 6.28. The number of aromatic hydroxyl groups is 1. The summed E-state index contributed by atoms with van der Waals surface area (Å²) in [5.74, 6) is -1.25. The van der Waals surface area contributed by atoms with Gasteiger partial charge in [0.1, 0.15) is 11.5 Å². The molecule has 25 heavy (non-hydrogen) atoms. The number of hydrogen-bond donors (Lipinski definition) is 1. The zero-order valence-corrected chi connectivity index (χ0v) is 14.6. The van der Waals surface area contributed by atoms with Gasteiger partial charge in [0.05, 0.1) is 24.4 Å². The molecular formula is C19H20O6. The van der Waals surface area contributed by atoms with Crippen LogP contribution in [0.1, 0.15) is 54.3 Å². The van der Waals surface area contributed by atoms with Crippen molar-refractivity contribution in [1.82, 2.24) is 0 Å². The van der Waals surface area contributed by atoms with Crippen molar-refractivity contribution in [2.45, 2.75) is 51.1 Å². The first-order valence-electron chi connectivity index (χ1n) is 8.25. The number of phenolic OH excluding ortho intramolecular Hbond substituents is 1. The minimum absolute atomic E-state index is 0.0475. The van der Waals surface area contributed by atoms with Crippen LogP contribution < -0.4 is 4.74 Å². The molecule has 1 aliphatic heterocycles. The number of Topliss-reactive ketones (excluding diaryl/α,β-unsaturated/α-hetero) is 2. The van der Waals surface area contributed by atoms with Crippen molar-refractivity contribution < 1.29 is 28.9 Å². The molecule has 1 saturated heterocycles. The van der Waals surface area contributed by atoms with Crippen LogP contribution in [0.4, 0.5) is 0 Å². The van der Waals surface area contributed by atoms with Gasteiger partial charge in [-0.3, -0.25) is 9.59 Å². The second kappa shape index (κ2) is 4.93. The minimum atomic E-state index is -0.766. The van der Waals surface area contributed by atoms with E-state index in [9.17, 15) is 14.7 Å². The lowest BCUT2D eigenvalue weighted by atomic mass is 9.71. The van der Waals surface area contributed by atoms with E-state index in [1.54, 1.807) is 0 Å². The predicted octanol–water partition coefficient (Wildman–Crippen LogP) is 2.78. The van der Waals surface area contributed by atoms with E-state index in [1.165, 1.54) is 19.2 Å². The Labute approximate surface area is 145 Å². The first-order valence-corrected chi connectivity index (χ1v) is 8.25. The van der Waals surface area contributed by atoms with Crippen LogP contribution in [0.15, 0.2) is 23.3 Å². The van der Waals surface area contributed by atoms with Crippen molar-refractivity contribution in [2.24, 2.45) is 0 Å². The van der Waals surface area contributed by atoms with Gasteiger partial charge in [0, 0.05) is 35.6 Å². The molecule has 3 aliphatic rings. The molecule has 2 atom stereocenters. The van der Waals surface area contributed by atoms with Gasteiger partial charge >= 0.3 is 0 Å². The molecule has 2 aliphatic carbocycles. The third kappa shape index (κ3) is 2.24. The standard InChI is InChI=1S/C19H20O6/c1-18(2)24-14-7-10-12(8-19(14,3)25-18)16(21)11-5-9(23-4)6-13(20)15(11)17(10)22/h5-6,14,20H,7-8H2,1-4H3. The Morgan fingerprint density at radius 3 is 2.56 bits per heavy atom. The molecule has 2 unspecified atom stereocenters. The number of hydrogen-bond acceptors (Lipinski definition) is 6. The molecule has 1 N–H and O–H groups in total. The molecule has 0 aromatic heterocycles. The predicted molar refractivity (Wildman–Crippen MR) is 88.0 cm³/mol. The topological polar surface area (TPSA) is 82.1 Å². The Kier molecular flexibility index (Phi) is 3.21. The van der Waals surface area contributed by atoms with Gasteiger partial charge in [-0.25, -0.2) is 0 Å². The van der Waals surface area contributed by atoms with Crippen LogP contribution in [0.25, 0.3) is 0 Å². The average molecular weight is 344 g/mol. The maximum Gasteiger partial charge on any atom is 0.194 e. The Balaban J connectivity index is 1.82. The molecule has 0 bridgehead atoms. The summed E-state index contributed by atoms with van der Waals surface area (Å²) in [6.07, 6.45) is 0.295. The summed E-state index contributed by atoms with van der Waals surface area (Å²) in [6, 6.07) is 2.85. The van der Waals surface area contributed by atoms with E-state index < -0.39 is 11.4 Å². The van der Waals surface area contributed by atoms with Crippen LogP contribution in [0.5, 0.6) is 11.5 Å². The number of rotatable bonds is 1. The number of ether oxygens (including phenoxy) is 3. The summed E-state index contributed by atoms with van der Waals surface area (Å²) in [6.45, 7) is 5.56. The van der Waals surface area contributed by atoms with Crippen LogP contribution >= 0.6 is 0 Å². The molecule has 1 aromatic rings. The molecule has 1 aromatic carbocycles. The summed E-state index contributed by atoms with van der Waals surface area (Å²) >= 11 is 0. The number of ketones is 2. The number of carbonyl (C=O) groups excluding carboxylic acids is 2. The number of fused-ring (bicyclic) bond motifs is 2. The van der Waals surface area contributed by atoms with Gasteiger partial charge in [0.25, 0.3) is 0 Å². The number of phenols is 1. The lowest BCUT2D eigenvalue weighted by Crippen LogP contribution is -2.44. The molecule has 132 valence electrons. The highest BCUT2D eigenvalue weighted by atomic mass is 16.8. The van der Waals surface area contributed by atoms with E-state index in [1.807, 2.05) is 20.8 Å². The zero-order chi connectivity index (χ0) is 18.1. The molecule has 0 spiro atoms. The van der Waals surface area contributed by atoms with E-state index in [2.05, 4.69) is 0 Å². The first kappa shape index (κ1) is 16.3. The van der Waals surface area contributed by atoms with Gasteiger partial charge in [0.15, 0.2) is 17.4 Å². The van der Waals surface area contributed by atoms with E-state index in [0.717, 1.165) is 0 Å². The Hall–Kier alpha value is -2.18. The van der Waals surface area contributed by atoms with Crippen LogP contribution in [-0.2, 0) is 9.47 Å². The van der Waals surface area contributed by atoms with E-state index in [0.29, 0.717) is 29.7 Å². The largest absolute Gasteiger partial charge is 0.507 e. The molecular weight excluding hydrogens is 324 g/mol. The Morgan fingerprint density at radius 1 is 1.16 bits per heavy atom. The van der Waals surface area contributed by atoms with Crippen molar-refractivity contribution in [3.63, 3.8) is 0 Å². The van der Waals surface area contributed by atoms with Gasteiger partial charge in [-0.15, -0.1) is 0 Å². The molecule has 6 heteroatoms. The van der Waals surface area contributed by atoms with Gasteiger partial charge in [-0.2, -0.15) is 0 Å². The normalized spacial score (nSPS) is 30.0. The molecule has 0 radical (unpaired) electrons. The van der Waals surface area contributed by atoms with E-state index in [-0.39, 0.29) is 34.5 Å². The van der Waals surface area contributed by atoms with Crippen molar-refractivity contribution >= 4 is 11.6 Å². The molecule has 1 fully saturated rings. The zero-order valence-electron chi connectivity index (χ0n) is 14.6. The van der Waals surface area contributed by atoms with Crippen LogP contribution in [0, 0.1) is 0 Å². The fourth-order valence-electron chi connectivity index (χ4n) is 4.19. The lowest BCUT2D eigenvalue weighted by Gasteiger charge is -2.37. The van der Waals surface area contributed by atoms with Crippen molar-refractivity contribution in [1.29, 1.82) is 0 Å². The monoisotopic (exact) mass is 344 g/mol. The highest BCUT2D eigenvalue weighted by Gasteiger charge is 2.55. The third-order valence-corrected chi connectivity index (χ3v) is 5.21. The molecule has 4 rings (SSSR count). The summed E-state index contributed by atoms with van der Waals surface area (Å²) < 4.78 is 17.1. The van der Waals surface area contributed by atoms with Crippen LogP contribution in [0.3, 0.4) is 0 Å². The van der Waals surface area contributed by atoms with Gasteiger partial charge in [-0.05, 0) is 26.8 Å². The van der Waals surface area contributed by atoms with Gasteiger partial charge < -0.3 is 19.3 Å². The van der Waals surface area contributed by atoms with Gasteiger partial charge in [0.2, 0.25) is 0 Å². The second-order valence-corrected chi connectivity index (χ2v) is 7.49. The first-order chi connectivity index (χ1) is 11.6. The average Bonchev–Trinajstić information content (AvgIpc) is 2.77. The molecule has 0 amide bonds. The summed E-state index contributed by atoms with van der Waals surface area (Å²) in [4.78, 5) is 26.0. The fourth-order valence-corrected chi connectivity index (χ4v) is 4.19. The van der Waals surface area contributed by atoms with Crippen molar-refractivity contribution in [2.75, 3.05) is 7.11 Å². The van der Waals surface area contributed by atoms with Crippen molar-refractivity contribution in [3.05, 3.63) is 34.4 Å². The van der Waals surface area contributed by atoms with E-state index >= 15 is 0 Å². The second-order valence-electron chi connectivity index (χ2n) is 7.49. The quantitative estimate of drug-likeness (QED) is 0.843. The van der Waals surface area contributed by atoms with Crippen LogP contribution in [-0.4, -0.2) is 41.3 Å². The smallest absolute Gasteiger partial charge is 0.194 e. The molecule has 1 heterocycles. The maximum absolute atomic E-state index is 13.0. The number of carbonyl (C=O) groups is 2. The molecule has 0 saturated carbocycles. The number of methoxy groups -OCH3 is 1. The number of benzene rings is 1. The maximum atomic E-state index is 13.0. The highest BCUT2D eigenvalue weighted by Crippen LogP contribution is 2.50. The van der Waals surface area contributed by atoms with Gasteiger partial charge in [-0.1, -0.05) is 0 Å². The summed E-state index contributed by atoms with van der Waals surface area (Å²) in [7, 11) is 1.44.